The molecule has 1 aromatic heterocycles. The van der Waals surface area contributed by atoms with E-state index < -0.39 is 22.5 Å². The summed E-state index contributed by atoms with van der Waals surface area (Å²) in [5.41, 5.74) is 2.72. The Morgan fingerprint density at radius 3 is 2.42 bits per heavy atom. The Morgan fingerprint density at radius 2 is 1.75 bits per heavy atom. The molecule has 1 saturated heterocycles. The van der Waals surface area contributed by atoms with Gasteiger partial charge in [-0.25, -0.2) is 9.79 Å². The molecule has 0 aliphatic carbocycles. The van der Waals surface area contributed by atoms with Gasteiger partial charge in [0.15, 0.2) is 16.3 Å². The molecule has 6 rings (SSSR count). The van der Waals surface area contributed by atoms with Gasteiger partial charge in [0.1, 0.15) is 0 Å². The molecule has 4 aromatic rings. The lowest BCUT2D eigenvalue weighted by molar-refractivity contribution is -0.384. The third kappa shape index (κ3) is 6.21. The molecule has 0 unspecified atom stereocenters. The van der Waals surface area contributed by atoms with Crippen molar-refractivity contribution >= 4 is 40.5 Å². The van der Waals surface area contributed by atoms with Crippen molar-refractivity contribution in [2.45, 2.75) is 13.0 Å². The minimum atomic E-state index is -0.931. The van der Waals surface area contributed by atoms with Crippen molar-refractivity contribution in [3.05, 3.63) is 119 Å². The van der Waals surface area contributed by atoms with Gasteiger partial charge in [-0.1, -0.05) is 47.7 Å². The van der Waals surface area contributed by atoms with Gasteiger partial charge in [-0.15, -0.1) is 0 Å². The predicted molar refractivity (Wildman–Crippen MR) is 183 cm³/mol. The fraction of sp³-hybridized carbons (Fsp3) is 0.286. The topological polar surface area (TPSA) is 129 Å². The monoisotopic (exact) mass is 669 g/mol. The number of benzene rings is 3. The standard InChI is InChI=1S/C35H35N5O7S/c1-5-47-34(42)30-31(22-9-7-6-8-10-22)36-35-39(32(30)23-11-14-27(45-3)28(20-23)46-4)33(41)29(48-35)21-24-19-25(40(43)44)12-13-26(24)38-17-15-37(2)16-18-38/h6-14,19-21,32H,5,15-18H2,1-4H3/t32-/m1/s1. The third-order valence-electron chi connectivity index (χ3n) is 8.45. The zero-order valence-electron chi connectivity index (χ0n) is 27.0. The summed E-state index contributed by atoms with van der Waals surface area (Å²) < 4.78 is 18.4. The molecular formula is C35H35N5O7S. The number of fused-ring (bicyclic) bond motifs is 1. The largest absolute Gasteiger partial charge is 0.493 e. The van der Waals surface area contributed by atoms with Gasteiger partial charge in [-0.3, -0.25) is 19.5 Å². The van der Waals surface area contributed by atoms with Crippen LogP contribution < -0.4 is 29.3 Å². The number of hydrogen-bond donors (Lipinski definition) is 0. The molecule has 1 atom stereocenters. The van der Waals surface area contributed by atoms with E-state index in [9.17, 15) is 19.7 Å². The molecule has 0 amide bonds. The Hall–Kier alpha value is -5.27. The van der Waals surface area contributed by atoms with Gasteiger partial charge < -0.3 is 24.0 Å². The summed E-state index contributed by atoms with van der Waals surface area (Å²) in [5.74, 6) is 0.304. The van der Waals surface area contributed by atoms with E-state index in [1.54, 1.807) is 37.3 Å². The molecule has 3 heterocycles. The minimum absolute atomic E-state index is 0.0777. The molecule has 2 aliphatic rings. The Kier molecular flexibility index (Phi) is 9.42. The number of esters is 1. The average molecular weight is 670 g/mol. The predicted octanol–water partition coefficient (Wildman–Crippen LogP) is 3.61. The first-order valence-corrected chi connectivity index (χ1v) is 16.3. The third-order valence-corrected chi connectivity index (χ3v) is 9.43. The number of thiazole rings is 1. The zero-order chi connectivity index (χ0) is 33.9. The number of non-ortho nitro benzene ring substituents is 1. The smallest absolute Gasteiger partial charge is 0.338 e. The maximum atomic E-state index is 14.5. The fourth-order valence-electron chi connectivity index (χ4n) is 6.03. The van der Waals surface area contributed by atoms with Crippen LogP contribution in [0.4, 0.5) is 11.4 Å². The van der Waals surface area contributed by atoms with E-state index in [1.165, 1.54) is 30.9 Å². The summed E-state index contributed by atoms with van der Waals surface area (Å²) in [5, 5.41) is 11.8. The fourth-order valence-corrected chi connectivity index (χ4v) is 7.02. The molecule has 13 heteroatoms. The number of anilines is 1. The van der Waals surface area contributed by atoms with Crippen molar-refractivity contribution in [2.75, 3.05) is 59.0 Å². The molecule has 0 radical (unpaired) electrons. The lowest BCUT2D eigenvalue weighted by Crippen LogP contribution is -2.44. The zero-order valence-corrected chi connectivity index (χ0v) is 27.9. The minimum Gasteiger partial charge on any atom is -0.493 e. The van der Waals surface area contributed by atoms with Crippen LogP contribution in [0.15, 0.2) is 82.1 Å². The maximum Gasteiger partial charge on any atom is 0.338 e. The summed E-state index contributed by atoms with van der Waals surface area (Å²) in [6.45, 7) is 4.98. The van der Waals surface area contributed by atoms with Crippen LogP contribution in [0.5, 0.6) is 11.5 Å². The first-order valence-electron chi connectivity index (χ1n) is 15.5. The van der Waals surface area contributed by atoms with Crippen LogP contribution in [-0.4, -0.2) is 74.4 Å². The van der Waals surface area contributed by atoms with E-state index in [0.29, 0.717) is 43.2 Å². The Morgan fingerprint density at radius 1 is 1.02 bits per heavy atom. The highest BCUT2D eigenvalue weighted by Gasteiger charge is 2.36. The van der Waals surface area contributed by atoms with Crippen LogP contribution in [-0.2, 0) is 9.53 Å². The molecule has 1 fully saturated rings. The van der Waals surface area contributed by atoms with Gasteiger partial charge in [-0.2, -0.15) is 0 Å². The Balaban J connectivity index is 1.62. The lowest BCUT2D eigenvalue weighted by Gasteiger charge is -2.34. The summed E-state index contributed by atoms with van der Waals surface area (Å²) in [6.07, 6.45) is 1.69. The highest BCUT2D eigenvalue weighted by atomic mass is 32.1. The van der Waals surface area contributed by atoms with E-state index in [1.807, 2.05) is 30.3 Å². The first kappa shape index (κ1) is 32.7. The number of nitro groups is 1. The SMILES string of the molecule is CCOC(=O)C1=C(c2ccccc2)N=c2sc(=Cc3cc([N+](=O)[O-])ccc3N3CCN(C)CC3)c(=O)n2[C@@H]1c1ccc(OC)c(OC)c1. The van der Waals surface area contributed by atoms with Crippen LogP contribution in [0.2, 0.25) is 0 Å². The summed E-state index contributed by atoms with van der Waals surface area (Å²) in [6, 6.07) is 18.3. The van der Waals surface area contributed by atoms with E-state index in [4.69, 9.17) is 19.2 Å². The highest BCUT2D eigenvalue weighted by Crippen LogP contribution is 2.38. The van der Waals surface area contributed by atoms with Crippen molar-refractivity contribution in [2.24, 2.45) is 4.99 Å². The van der Waals surface area contributed by atoms with Gasteiger partial charge in [0, 0.05) is 55.1 Å². The van der Waals surface area contributed by atoms with Crippen molar-refractivity contribution in [3.63, 3.8) is 0 Å². The molecule has 0 bridgehead atoms. The van der Waals surface area contributed by atoms with Gasteiger partial charge in [0.05, 0.1) is 47.6 Å². The quantitative estimate of drug-likeness (QED) is 0.149. The second kappa shape index (κ2) is 13.8. The van der Waals surface area contributed by atoms with Crippen molar-refractivity contribution in [3.8, 4) is 11.5 Å². The summed E-state index contributed by atoms with van der Waals surface area (Å²) in [7, 11) is 5.10. The molecule has 0 N–H and O–H groups in total. The second-order valence-corrected chi connectivity index (χ2v) is 12.3. The number of nitrogens with zero attached hydrogens (tertiary/aromatic N) is 5. The number of carbonyl (C=O) groups excluding carboxylic acids is 1. The molecule has 3 aromatic carbocycles. The van der Waals surface area contributed by atoms with Gasteiger partial charge in [0.2, 0.25) is 0 Å². The molecule has 48 heavy (non-hydrogen) atoms. The van der Waals surface area contributed by atoms with E-state index >= 15 is 0 Å². The number of piperazine rings is 1. The summed E-state index contributed by atoms with van der Waals surface area (Å²) in [4.78, 5) is 49.3. The van der Waals surface area contributed by atoms with Crippen molar-refractivity contribution in [1.29, 1.82) is 0 Å². The highest BCUT2D eigenvalue weighted by molar-refractivity contribution is 7.07. The van der Waals surface area contributed by atoms with Crippen LogP contribution in [0, 0.1) is 10.1 Å². The van der Waals surface area contributed by atoms with Gasteiger partial charge in [0.25, 0.3) is 11.2 Å². The van der Waals surface area contributed by atoms with E-state index in [0.717, 1.165) is 43.2 Å². The first-order chi connectivity index (χ1) is 23.2. The number of likely N-dealkylation sites (N-methyl/N-ethyl adjacent to an activating group) is 1. The van der Waals surface area contributed by atoms with Crippen LogP contribution in [0.25, 0.3) is 11.8 Å². The molecule has 248 valence electrons. The number of hydrogen-bond acceptors (Lipinski definition) is 11. The maximum absolute atomic E-state index is 14.5. The molecule has 0 saturated carbocycles. The van der Waals surface area contributed by atoms with Crippen LogP contribution in [0.3, 0.4) is 0 Å². The van der Waals surface area contributed by atoms with Crippen molar-refractivity contribution in [1.82, 2.24) is 9.47 Å². The normalized spacial score (nSPS) is 16.7. The number of rotatable bonds is 9. The number of aromatic nitrogens is 1. The number of methoxy groups -OCH3 is 2. The number of ether oxygens (including phenoxy) is 3. The molecule has 0 spiro atoms. The van der Waals surface area contributed by atoms with E-state index in [2.05, 4.69) is 16.8 Å². The molecule has 2 aliphatic heterocycles. The van der Waals surface area contributed by atoms with Crippen LogP contribution >= 0.6 is 11.3 Å². The van der Waals surface area contributed by atoms with Crippen LogP contribution in [0.1, 0.15) is 29.7 Å². The number of nitro benzene ring substituents is 1. The second-order valence-electron chi connectivity index (χ2n) is 11.3. The van der Waals surface area contributed by atoms with Gasteiger partial charge >= 0.3 is 5.97 Å². The van der Waals surface area contributed by atoms with Gasteiger partial charge in [-0.05, 0) is 43.8 Å². The number of carbonyl (C=O) groups is 1. The van der Waals surface area contributed by atoms with E-state index in [-0.39, 0.29) is 17.9 Å². The molecular weight excluding hydrogens is 634 g/mol. The summed E-state index contributed by atoms with van der Waals surface area (Å²) >= 11 is 1.16. The van der Waals surface area contributed by atoms with Crippen molar-refractivity contribution < 1.29 is 23.9 Å². The average Bonchev–Trinajstić information content (AvgIpc) is 3.41. The lowest BCUT2D eigenvalue weighted by atomic mass is 9.93. The Bertz CT molecular complexity index is 2080. The Labute approximate surface area is 280 Å². The molecule has 12 nitrogen and oxygen atoms in total.